The van der Waals surface area contributed by atoms with E-state index in [1.807, 2.05) is 0 Å². The first-order valence-electron chi connectivity index (χ1n) is 17.8. The summed E-state index contributed by atoms with van der Waals surface area (Å²) >= 11 is 0. The summed E-state index contributed by atoms with van der Waals surface area (Å²) in [7, 11) is 0. The van der Waals surface area contributed by atoms with Crippen LogP contribution in [-0.4, -0.2) is 0 Å². The van der Waals surface area contributed by atoms with Gasteiger partial charge < -0.3 is 9.80 Å². The third kappa shape index (κ3) is 5.87. The normalized spacial score (nSPS) is 11.1. The molecular formula is C50H36N2. The SMILES string of the molecule is c1ccc(-c2cccc(N(c3ccc(N(c4ccccc4)c4ccccc4)cc3)c3ccc(-c4cccc5ccccc45)c4ccccc34)c2)cc1. The van der Waals surface area contributed by atoms with Gasteiger partial charge in [0.2, 0.25) is 0 Å². The molecule has 0 saturated carbocycles. The lowest BCUT2D eigenvalue weighted by Gasteiger charge is -2.29. The summed E-state index contributed by atoms with van der Waals surface area (Å²) in [5, 5.41) is 4.91. The lowest BCUT2D eigenvalue weighted by Crippen LogP contribution is -2.12. The highest BCUT2D eigenvalue weighted by Gasteiger charge is 2.20. The Labute approximate surface area is 305 Å². The zero-order valence-corrected chi connectivity index (χ0v) is 28.7. The predicted octanol–water partition coefficient (Wildman–Crippen LogP) is 14.3. The summed E-state index contributed by atoms with van der Waals surface area (Å²) < 4.78 is 0. The molecule has 0 aliphatic carbocycles. The summed E-state index contributed by atoms with van der Waals surface area (Å²) in [6.07, 6.45) is 0. The van der Waals surface area contributed by atoms with E-state index in [0.29, 0.717) is 0 Å². The third-order valence-electron chi connectivity index (χ3n) is 9.83. The van der Waals surface area contributed by atoms with Crippen LogP contribution in [0, 0.1) is 0 Å². The Balaban J connectivity index is 1.22. The second-order valence-electron chi connectivity index (χ2n) is 13.0. The number of nitrogens with zero attached hydrogens (tertiary/aromatic N) is 2. The molecule has 0 unspecified atom stereocenters. The molecule has 246 valence electrons. The Morgan fingerprint density at radius 2 is 0.712 bits per heavy atom. The van der Waals surface area contributed by atoms with Gasteiger partial charge in [-0.2, -0.15) is 0 Å². The highest BCUT2D eigenvalue weighted by molar-refractivity contribution is 6.10. The maximum atomic E-state index is 2.40. The number of rotatable bonds is 8. The molecule has 9 rings (SSSR count). The summed E-state index contributed by atoms with van der Waals surface area (Å²) in [4.78, 5) is 4.71. The van der Waals surface area contributed by atoms with Crippen LogP contribution in [0.3, 0.4) is 0 Å². The highest BCUT2D eigenvalue weighted by atomic mass is 15.2. The lowest BCUT2D eigenvalue weighted by molar-refractivity contribution is 1.26. The van der Waals surface area contributed by atoms with E-state index in [0.717, 1.165) is 34.1 Å². The molecule has 0 spiro atoms. The van der Waals surface area contributed by atoms with Crippen molar-refractivity contribution >= 4 is 55.7 Å². The summed E-state index contributed by atoms with van der Waals surface area (Å²) in [5.74, 6) is 0. The first-order valence-corrected chi connectivity index (χ1v) is 17.8. The van der Waals surface area contributed by atoms with Crippen molar-refractivity contribution in [2.24, 2.45) is 0 Å². The molecule has 0 N–H and O–H groups in total. The molecule has 2 nitrogen and oxygen atoms in total. The van der Waals surface area contributed by atoms with Crippen molar-refractivity contribution in [1.82, 2.24) is 0 Å². The average molecular weight is 665 g/mol. The molecule has 0 atom stereocenters. The largest absolute Gasteiger partial charge is 0.311 e. The molecule has 9 aromatic carbocycles. The molecule has 9 aromatic rings. The fraction of sp³-hybridized carbons (Fsp3) is 0. The van der Waals surface area contributed by atoms with Crippen molar-refractivity contribution in [3.8, 4) is 22.3 Å². The van der Waals surface area contributed by atoms with E-state index in [2.05, 4.69) is 228 Å². The maximum Gasteiger partial charge on any atom is 0.0540 e. The highest BCUT2D eigenvalue weighted by Crippen LogP contribution is 2.45. The number of benzene rings is 9. The van der Waals surface area contributed by atoms with Gasteiger partial charge in [0.1, 0.15) is 0 Å². The Hall–Kier alpha value is -6.90. The molecule has 0 aliphatic rings. The van der Waals surface area contributed by atoms with Gasteiger partial charge in [-0.1, -0.05) is 152 Å². The molecule has 0 bridgehead atoms. The van der Waals surface area contributed by atoms with Crippen LogP contribution >= 0.6 is 0 Å². The monoisotopic (exact) mass is 664 g/mol. The van der Waals surface area contributed by atoms with Crippen molar-refractivity contribution in [2.75, 3.05) is 9.80 Å². The van der Waals surface area contributed by atoms with Crippen LogP contribution in [0.15, 0.2) is 218 Å². The number of fused-ring (bicyclic) bond motifs is 2. The van der Waals surface area contributed by atoms with Crippen LogP contribution in [0.2, 0.25) is 0 Å². The van der Waals surface area contributed by atoms with E-state index in [1.165, 1.54) is 43.8 Å². The summed E-state index contributed by atoms with van der Waals surface area (Å²) in [6.45, 7) is 0. The number of anilines is 6. The average Bonchev–Trinajstić information content (AvgIpc) is 3.23. The van der Waals surface area contributed by atoms with Gasteiger partial charge in [0, 0.05) is 33.8 Å². The minimum atomic E-state index is 1.08. The van der Waals surface area contributed by atoms with E-state index in [-0.39, 0.29) is 0 Å². The van der Waals surface area contributed by atoms with Crippen LogP contribution in [0.4, 0.5) is 34.1 Å². The van der Waals surface area contributed by atoms with Crippen LogP contribution in [0.25, 0.3) is 43.8 Å². The zero-order valence-electron chi connectivity index (χ0n) is 28.7. The van der Waals surface area contributed by atoms with Crippen LogP contribution < -0.4 is 9.80 Å². The quantitative estimate of drug-likeness (QED) is 0.159. The first-order chi connectivity index (χ1) is 25.8. The fourth-order valence-electron chi connectivity index (χ4n) is 7.41. The van der Waals surface area contributed by atoms with E-state index >= 15 is 0 Å². The molecule has 0 radical (unpaired) electrons. The van der Waals surface area contributed by atoms with Gasteiger partial charge in [0.05, 0.1) is 5.69 Å². The Morgan fingerprint density at radius 1 is 0.250 bits per heavy atom. The van der Waals surface area contributed by atoms with Crippen LogP contribution in [0.1, 0.15) is 0 Å². The van der Waals surface area contributed by atoms with Gasteiger partial charge in [-0.15, -0.1) is 0 Å². The van der Waals surface area contributed by atoms with Crippen molar-refractivity contribution in [3.63, 3.8) is 0 Å². The van der Waals surface area contributed by atoms with Gasteiger partial charge >= 0.3 is 0 Å². The van der Waals surface area contributed by atoms with Gasteiger partial charge in [0.25, 0.3) is 0 Å². The van der Waals surface area contributed by atoms with Gasteiger partial charge in [-0.25, -0.2) is 0 Å². The minimum absolute atomic E-state index is 1.08. The summed E-state index contributed by atoms with van der Waals surface area (Å²) in [5.41, 5.74) is 11.5. The van der Waals surface area contributed by atoms with E-state index < -0.39 is 0 Å². The number of hydrogen-bond donors (Lipinski definition) is 0. The number of para-hydroxylation sites is 2. The Morgan fingerprint density at radius 3 is 1.40 bits per heavy atom. The van der Waals surface area contributed by atoms with Gasteiger partial charge in [0.15, 0.2) is 0 Å². The topological polar surface area (TPSA) is 6.48 Å². The van der Waals surface area contributed by atoms with Crippen molar-refractivity contribution < 1.29 is 0 Å². The molecule has 0 aliphatic heterocycles. The van der Waals surface area contributed by atoms with Crippen molar-refractivity contribution in [2.45, 2.75) is 0 Å². The van der Waals surface area contributed by atoms with Crippen LogP contribution in [0.5, 0.6) is 0 Å². The summed E-state index contributed by atoms with van der Waals surface area (Å²) in [6, 6.07) is 78.3. The molecule has 2 heteroatoms. The first kappa shape index (κ1) is 31.1. The maximum absolute atomic E-state index is 2.40. The molecule has 0 fully saturated rings. The predicted molar refractivity (Wildman–Crippen MR) is 222 cm³/mol. The van der Waals surface area contributed by atoms with Crippen molar-refractivity contribution in [3.05, 3.63) is 218 Å². The smallest absolute Gasteiger partial charge is 0.0540 e. The molecular weight excluding hydrogens is 629 g/mol. The van der Waals surface area contributed by atoms with E-state index in [9.17, 15) is 0 Å². The van der Waals surface area contributed by atoms with Gasteiger partial charge in [-0.3, -0.25) is 0 Å². The van der Waals surface area contributed by atoms with Crippen LogP contribution in [-0.2, 0) is 0 Å². The second-order valence-corrected chi connectivity index (χ2v) is 13.0. The molecule has 52 heavy (non-hydrogen) atoms. The van der Waals surface area contributed by atoms with E-state index in [1.54, 1.807) is 0 Å². The molecule has 0 heterocycles. The Kier molecular flexibility index (Phi) is 8.24. The third-order valence-corrected chi connectivity index (χ3v) is 9.83. The second kappa shape index (κ2) is 13.8. The van der Waals surface area contributed by atoms with E-state index in [4.69, 9.17) is 0 Å². The zero-order chi connectivity index (χ0) is 34.7. The molecule has 0 aromatic heterocycles. The standard InChI is InChI=1S/C50H36N2/c1-4-16-37(17-5-1)39-20-14-25-44(36-39)52(43-32-30-42(31-33-43)51(40-21-6-2-7-22-40)41-23-8-3-9-24-41)50-35-34-48(47-27-12-13-28-49(47)50)46-29-15-19-38-18-10-11-26-45(38)46/h1-36H. The van der Waals surface area contributed by atoms with Crippen molar-refractivity contribution in [1.29, 1.82) is 0 Å². The van der Waals surface area contributed by atoms with Gasteiger partial charge in [-0.05, 0) is 105 Å². The molecule has 0 saturated heterocycles. The lowest BCUT2D eigenvalue weighted by atomic mass is 9.93. The fourth-order valence-corrected chi connectivity index (χ4v) is 7.41. The molecule has 0 amide bonds. The Bertz CT molecular complexity index is 2570. The number of hydrogen-bond acceptors (Lipinski definition) is 2. The minimum Gasteiger partial charge on any atom is -0.311 e.